The van der Waals surface area contributed by atoms with Crippen molar-refractivity contribution in [2.45, 2.75) is 0 Å². The van der Waals surface area contributed by atoms with Crippen LogP contribution in [0.4, 0.5) is 0 Å². The zero-order valence-corrected chi connectivity index (χ0v) is 4.36. The molecule has 0 unspecified atom stereocenters. The van der Waals surface area contributed by atoms with Crippen molar-refractivity contribution in [3.8, 4) is 6.26 Å². The molecule has 2 nitrogen and oxygen atoms in total. The minimum atomic E-state index is -0.104. The molecule has 0 saturated carbocycles. The van der Waals surface area contributed by atoms with Gasteiger partial charge < -0.3 is 4.65 Å². The Morgan fingerprint density at radius 2 is 2.00 bits per heavy atom. The van der Waals surface area contributed by atoms with E-state index in [-0.39, 0.29) is 37.6 Å². The van der Waals surface area contributed by atoms with Gasteiger partial charge in [0.05, 0.1) is 0 Å². The Hall–Kier alpha value is 0.355. The van der Waals surface area contributed by atoms with Crippen LogP contribution in [0.1, 0.15) is 0 Å². The molecule has 0 aromatic heterocycles. The maximum atomic E-state index is 7.47. The summed E-state index contributed by atoms with van der Waals surface area (Å²) in [5.41, 5.74) is 0. The van der Waals surface area contributed by atoms with Crippen molar-refractivity contribution < 1.29 is 34.2 Å². The Kier molecular flexibility index (Phi) is 16.0. The van der Waals surface area contributed by atoms with Gasteiger partial charge in [0.2, 0.25) is 6.26 Å². The number of hydrogen-bond acceptors (Lipinski definition) is 2. The third-order valence-corrected chi connectivity index (χ3v) is 0. The van der Waals surface area contributed by atoms with Crippen LogP contribution in [0, 0.1) is 11.5 Å². The van der Waals surface area contributed by atoms with Gasteiger partial charge in [0, 0.05) is 0 Å². The van der Waals surface area contributed by atoms with E-state index in [9.17, 15) is 0 Å². The Bertz CT molecular complexity index is 41.4. The van der Waals surface area contributed by atoms with E-state index in [1.54, 1.807) is 6.26 Å². The SMILES string of the molecule is [BH3-]OC#N.[Na+]. The molecule has 0 spiro atoms. The zero-order valence-electron chi connectivity index (χ0n) is 2.36. The third kappa shape index (κ3) is 13.2. The maximum absolute atomic E-state index is 7.47. The summed E-state index contributed by atoms with van der Waals surface area (Å²) in [4.78, 5) is 0. The van der Waals surface area contributed by atoms with Gasteiger partial charge in [-0.25, -0.2) is 0 Å². The van der Waals surface area contributed by atoms with Gasteiger partial charge in [0.15, 0.2) is 0 Å². The molecule has 0 aromatic carbocycles. The van der Waals surface area contributed by atoms with Crippen molar-refractivity contribution in [3.05, 3.63) is 0 Å². The van der Waals surface area contributed by atoms with Crippen LogP contribution in [0.3, 0.4) is 0 Å². The first kappa shape index (κ1) is 9.02. The fourth-order valence-corrected chi connectivity index (χ4v) is 0. The smallest absolute Gasteiger partial charge is 0.658 e. The average molecular weight is 78.8 g/mol. The molecule has 22 valence electrons. The summed E-state index contributed by atoms with van der Waals surface area (Å²) in [7, 11) is -0.104. The standard InChI is InChI=1S/CH3BNO.Na/c2-4-1-3;/h2H3;/q-1;+1. The van der Waals surface area contributed by atoms with Crippen molar-refractivity contribution in [2.75, 3.05) is 0 Å². The van der Waals surface area contributed by atoms with Gasteiger partial charge in [0.1, 0.15) is 8.05 Å². The summed E-state index contributed by atoms with van der Waals surface area (Å²) in [6.07, 6.45) is 1.54. The van der Waals surface area contributed by atoms with Gasteiger partial charge in [-0.3, -0.25) is 0 Å². The molecule has 0 saturated heterocycles. The summed E-state index contributed by atoms with van der Waals surface area (Å²) in [5, 5.41) is 7.47. The summed E-state index contributed by atoms with van der Waals surface area (Å²) in [5.74, 6) is 0. The Morgan fingerprint density at radius 3 is 2.00 bits per heavy atom. The molecule has 5 heavy (non-hydrogen) atoms. The fraction of sp³-hybridized carbons (Fsp3) is 0. The van der Waals surface area contributed by atoms with E-state index in [0.717, 1.165) is 0 Å². The van der Waals surface area contributed by atoms with Crippen LogP contribution in [0.25, 0.3) is 0 Å². The van der Waals surface area contributed by atoms with Crippen molar-refractivity contribution in [2.24, 2.45) is 0 Å². The van der Waals surface area contributed by atoms with Crippen LogP contribution in [0.5, 0.6) is 0 Å². The minimum Gasteiger partial charge on any atom is -0.658 e. The Labute approximate surface area is 53.8 Å². The van der Waals surface area contributed by atoms with Crippen molar-refractivity contribution >= 4 is 8.05 Å². The Balaban J connectivity index is 0. The normalized spacial score (nSPS) is 3.20. The van der Waals surface area contributed by atoms with Crippen molar-refractivity contribution in [3.63, 3.8) is 0 Å². The van der Waals surface area contributed by atoms with Gasteiger partial charge in [0.25, 0.3) is 0 Å². The number of rotatable bonds is 0. The molecule has 0 aliphatic heterocycles. The second kappa shape index (κ2) is 8.84. The van der Waals surface area contributed by atoms with Gasteiger partial charge in [-0.1, -0.05) is 0 Å². The third-order valence-electron chi connectivity index (χ3n) is 0. The van der Waals surface area contributed by atoms with Gasteiger partial charge >= 0.3 is 29.6 Å². The summed E-state index contributed by atoms with van der Waals surface area (Å²) >= 11 is 0. The molecule has 0 aromatic rings. The quantitative estimate of drug-likeness (QED) is 0.217. The first-order valence-electron chi connectivity index (χ1n) is 0.428. The van der Waals surface area contributed by atoms with E-state index in [2.05, 4.69) is 4.65 Å². The summed E-state index contributed by atoms with van der Waals surface area (Å²) < 4.78 is 4.10. The van der Waals surface area contributed by atoms with E-state index in [1.807, 2.05) is 0 Å². The molecule has 0 aliphatic carbocycles. The predicted molar refractivity (Wildman–Crippen MR) is 16.6 cm³/mol. The second-order valence-electron chi connectivity index (χ2n) is 0.0913. The maximum Gasteiger partial charge on any atom is 1.00 e. The van der Waals surface area contributed by atoms with Crippen LogP contribution in [0.15, 0.2) is 0 Å². The van der Waals surface area contributed by atoms with Crippen LogP contribution in [0.2, 0.25) is 0 Å². The van der Waals surface area contributed by atoms with Gasteiger partial charge in [-0.2, -0.15) is 5.26 Å². The van der Waals surface area contributed by atoms with E-state index in [1.165, 1.54) is 0 Å². The topological polar surface area (TPSA) is 33.0 Å². The molecule has 0 amide bonds. The van der Waals surface area contributed by atoms with Crippen LogP contribution in [-0.4, -0.2) is 8.05 Å². The molecule has 0 rings (SSSR count). The van der Waals surface area contributed by atoms with E-state index >= 15 is 0 Å². The minimum absolute atomic E-state index is 0. The molecule has 0 atom stereocenters. The Morgan fingerprint density at radius 1 is 1.80 bits per heavy atom. The molecule has 0 N–H and O–H groups in total. The van der Waals surface area contributed by atoms with E-state index in [4.69, 9.17) is 5.26 Å². The fourth-order valence-electron chi connectivity index (χ4n) is 0. The predicted octanol–water partition coefficient (Wildman–Crippen LogP) is -4.23. The summed E-state index contributed by atoms with van der Waals surface area (Å²) in [6.45, 7) is 0. The van der Waals surface area contributed by atoms with Crippen molar-refractivity contribution in [1.29, 1.82) is 5.26 Å². The first-order valence-corrected chi connectivity index (χ1v) is 0.428. The van der Waals surface area contributed by atoms with E-state index in [0.29, 0.717) is 0 Å². The molecule has 0 aliphatic rings. The summed E-state index contributed by atoms with van der Waals surface area (Å²) in [6, 6.07) is 0. The van der Waals surface area contributed by atoms with Crippen molar-refractivity contribution in [1.82, 2.24) is 0 Å². The number of hydrogen-bond donors (Lipinski definition) is 0. The van der Waals surface area contributed by atoms with Crippen LogP contribution in [-0.2, 0) is 4.65 Å². The molecule has 4 heteroatoms. The molecular weight excluding hydrogens is 75.8 g/mol. The largest absolute Gasteiger partial charge is 1.00 e. The zero-order chi connectivity index (χ0) is 3.41. The molecule has 0 bridgehead atoms. The number of nitrogens with zero attached hydrogens (tertiary/aromatic N) is 1. The molecular formula is CH3BNNaO. The molecule has 0 radical (unpaired) electrons. The molecule has 0 heterocycles. The van der Waals surface area contributed by atoms with Gasteiger partial charge in [-0.15, -0.1) is 0 Å². The second-order valence-corrected chi connectivity index (χ2v) is 0.0913. The monoisotopic (exact) mass is 79.0 g/mol. The first-order chi connectivity index (χ1) is 1.91. The van der Waals surface area contributed by atoms with Crippen LogP contribution >= 0.6 is 0 Å². The number of nitriles is 1. The van der Waals surface area contributed by atoms with E-state index < -0.39 is 0 Å². The van der Waals surface area contributed by atoms with Gasteiger partial charge in [-0.05, 0) is 0 Å². The average Bonchev–Trinajstić information content (AvgIpc) is 1.37. The molecule has 0 fully saturated rings. The van der Waals surface area contributed by atoms with Crippen LogP contribution < -0.4 is 29.6 Å².